The molecule has 3 rings (SSSR count). The van der Waals surface area contributed by atoms with Crippen molar-refractivity contribution in [2.24, 2.45) is 0 Å². The molecule has 0 bridgehead atoms. The van der Waals surface area contributed by atoms with E-state index in [9.17, 15) is 10.1 Å². The SMILES string of the molecule is COc1cc(/C=C(\C#N)C(=O)Nc2cccc(C)c2)cc(I)c1OCc1cc(C)cc(C)c1. The Hall–Kier alpha value is -3.31. The van der Waals surface area contributed by atoms with Crippen LogP contribution in [0.5, 0.6) is 11.5 Å². The van der Waals surface area contributed by atoms with Crippen molar-refractivity contribution in [1.29, 1.82) is 5.26 Å². The van der Waals surface area contributed by atoms with Gasteiger partial charge in [-0.05, 0) is 90.4 Å². The van der Waals surface area contributed by atoms with Gasteiger partial charge in [0.15, 0.2) is 11.5 Å². The molecule has 0 radical (unpaired) electrons. The van der Waals surface area contributed by atoms with E-state index < -0.39 is 5.91 Å². The van der Waals surface area contributed by atoms with Gasteiger partial charge >= 0.3 is 0 Å². The highest BCUT2D eigenvalue weighted by molar-refractivity contribution is 14.1. The standard InChI is InChI=1S/C27H25IN2O3/c1-17-6-5-7-23(11-17)30-27(31)22(15-29)12-20-13-24(28)26(25(14-20)32-4)33-16-21-9-18(2)8-19(3)10-21/h5-14H,16H2,1-4H3,(H,30,31)/b22-12+. The molecule has 6 heteroatoms. The van der Waals surface area contributed by atoms with E-state index in [1.165, 1.54) is 11.1 Å². The maximum absolute atomic E-state index is 12.6. The Balaban J connectivity index is 1.83. The number of hydrogen-bond acceptors (Lipinski definition) is 4. The summed E-state index contributed by atoms with van der Waals surface area (Å²) in [4.78, 5) is 12.6. The number of carbonyl (C=O) groups excluding carboxylic acids is 1. The molecule has 0 saturated heterocycles. The van der Waals surface area contributed by atoms with Crippen LogP contribution in [0.4, 0.5) is 5.69 Å². The van der Waals surface area contributed by atoms with E-state index in [0.29, 0.717) is 29.4 Å². The number of aryl methyl sites for hydroxylation is 3. The first-order valence-corrected chi connectivity index (χ1v) is 11.4. The predicted molar refractivity (Wildman–Crippen MR) is 139 cm³/mol. The number of hydrogen-bond donors (Lipinski definition) is 1. The summed E-state index contributed by atoms with van der Waals surface area (Å²) in [6.07, 6.45) is 1.55. The van der Waals surface area contributed by atoms with Gasteiger partial charge in [0.1, 0.15) is 18.2 Å². The molecule has 0 aliphatic carbocycles. The Labute approximate surface area is 208 Å². The van der Waals surface area contributed by atoms with E-state index >= 15 is 0 Å². The normalized spacial score (nSPS) is 11.0. The van der Waals surface area contributed by atoms with E-state index in [1.807, 2.05) is 37.3 Å². The summed E-state index contributed by atoms with van der Waals surface area (Å²) in [7, 11) is 1.57. The summed E-state index contributed by atoms with van der Waals surface area (Å²) in [6.45, 7) is 6.47. The van der Waals surface area contributed by atoms with Crippen molar-refractivity contribution >= 4 is 40.3 Å². The molecule has 3 aromatic rings. The second kappa shape index (κ2) is 11.0. The Kier molecular flexibility index (Phi) is 8.12. The molecule has 5 nitrogen and oxygen atoms in total. The first-order chi connectivity index (χ1) is 15.8. The molecule has 0 fully saturated rings. The predicted octanol–water partition coefficient (Wildman–Crippen LogP) is 6.35. The van der Waals surface area contributed by atoms with Crippen LogP contribution in [0.3, 0.4) is 0 Å². The minimum atomic E-state index is -0.466. The number of nitriles is 1. The summed E-state index contributed by atoms with van der Waals surface area (Å²) in [5.74, 6) is 0.693. The van der Waals surface area contributed by atoms with Crippen molar-refractivity contribution in [3.8, 4) is 17.6 Å². The number of methoxy groups -OCH3 is 1. The van der Waals surface area contributed by atoms with E-state index in [4.69, 9.17) is 9.47 Å². The van der Waals surface area contributed by atoms with Crippen LogP contribution >= 0.6 is 22.6 Å². The van der Waals surface area contributed by atoms with Crippen molar-refractivity contribution < 1.29 is 14.3 Å². The zero-order chi connectivity index (χ0) is 24.0. The number of amides is 1. The van der Waals surface area contributed by atoms with Crippen molar-refractivity contribution in [2.75, 3.05) is 12.4 Å². The molecule has 0 heterocycles. The van der Waals surface area contributed by atoms with Crippen LogP contribution in [0.25, 0.3) is 6.08 Å². The van der Waals surface area contributed by atoms with Crippen LogP contribution in [-0.4, -0.2) is 13.0 Å². The number of nitrogens with one attached hydrogen (secondary N) is 1. The van der Waals surface area contributed by atoms with E-state index in [2.05, 4.69) is 60.0 Å². The second-order valence-corrected chi connectivity index (χ2v) is 8.97. The van der Waals surface area contributed by atoms with Crippen molar-refractivity contribution in [1.82, 2.24) is 0 Å². The molecular weight excluding hydrogens is 527 g/mol. The molecule has 0 aliphatic rings. The van der Waals surface area contributed by atoms with Crippen molar-refractivity contribution in [2.45, 2.75) is 27.4 Å². The molecule has 168 valence electrons. The topological polar surface area (TPSA) is 71.3 Å². The quantitative estimate of drug-likeness (QED) is 0.211. The molecule has 0 atom stereocenters. The van der Waals surface area contributed by atoms with Gasteiger partial charge in [0, 0.05) is 5.69 Å². The van der Waals surface area contributed by atoms with Gasteiger partial charge in [-0.2, -0.15) is 5.26 Å². The summed E-state index contributed by atoms with van der Waals surface area (Å²) >= 11 is 2.17. The fourth-order valence-corrected chi connectivity index (χ4v) is 4.29. The lowest BCUT2D eigenvalue weighted by atomic mass is 10.1. The van der Waals surface area contributed by atoms with Gasteiger partial charge in [-0.15, -0.1) is 0 Å². The highest BCUT2D eigenvalue weighted by Gasteiger charge is 2.14. The minimum Gasteiger partial charge on any atom is -0.493 e. The summed E-state index contributed by atoms with van der Waals surface area (Å²) < 4.78 is 12.4. The van der Waals surface area contributed by atoms with E-state index in [0.717, 1.165) is 14.7 Å². The van der Waals surface area contributed by atoms with Gasteiger partial charge in [-0.1, -0.05) is 41.5 Å². The minimum absolute atomic E-state index is 0.00161. The van der Waals surface area contributed by atoms with Gasteiger partial charge in [-0.3, -0.25) is 4.79 Å². The number of nitrogens with zero attached hydrogens (tertiary/aromatic N) is 1. The molecule has 0 spiro atoms. The highest BCUT2D eigenvalue weighted by Crippen LogP contribution is 2.35. The van der Waals surface area contributed by atoms with Crippen LogP contribution < -0.4 is 14.8 Å². The summed E-state index contributed by atoms with van der Waals surface area (Å²) in [5.41, 5.74) is 5.78. The molecular formula is C27H25IN2O3. The van der Waals surface area contributed by atoms with Crippen molar-refractivity contribution in [3.05, 3.63) is 91.6 Å². The number of rotatable bonds is 7. The molecule has 33 heavy (non-hydrogen) atoms. The molecule has 1 amide bonds. The maximum Gasteiger partial charge on any atom is 0.266 e. The van der Waals surface area contributed by atoms with Crippen LogP contribution in [-0.2, 0) is 11.4 Å². The first-order valence-electron chi connectivity index (χ1n) is 10.4. The lowest BCUT2D eigenvalue weighted by molar-refractivity contribution is -0.112. The molecule has 0 aromatic heterocycles. The maximum atomic E-state index is 12.6. The largest absolute Gasteiger partial charge is 0.493 e. The molecule has 3 aromatic carbocycles. The third-order valence-electron chi connectivity index (χ3n) is 4.87. The zero-order valence-electron chi connectivity index (χ0n) is 19.0. The van der Waals surface area contributed by atoms with Gasteiger partial charge in [0.2, 0.25) is 0 Å². The number of benzene rings is 3. The summed E-state index contributed by atoms with van der Waals surface area (Å²) in [5, 5.41) is 12.3. The van der Waals surface area contributed by atoms with Crippen LogP contribution in [0.15, 0.2) is 60.2 Å². The summed E-state index contributed by atoms with van der Waals surface area (Å²) in [6, 6.07) is 19.3. The van der Waals surface area contributed by atoms with E-state index in [-0.39, 0.29) is 5.57 Å². The Morgan fingerprint density at radius 2 is 1.79 bits per heavy atom. The van der Waals surface area contributed by atoms with Gasteiger partial charge in [0.05, 0.1) is 10.7 Å². The van der Waals surface area contributed by atoms with Gasteiger partial charge < -0.3 is 14.8 Å². The molecule has 1 N–H and O–H groups in total. The van der Waals surface area contributed by atoms with E-state index in [1.54, 1.807) is 25.3 Å². The fourth-order valence-electron chi connectivity index (χ4n) is 3.51. The number of carbonyl (C=O) groups is 1. The lowest BCUT2D eigenvalue weighted by Crippen LogP contribution is -2.13. The smallest absolute Gasteiger partial charge is 0.266 e. The van der Waals surface area contributed by atoms with Crippen LogP contribution in [0.2, 0.25) is 0 Å². The Morgan fingerprint density at radius 1 is 1.06 bits per heavy atom. The molecule has 0 unspecified atom stereocenters. The van der Waals surface area contributed by atoms with Crippen LogP contribution in [0.1, 0.15) is 27.8 Å². The number of halogens is 1. The average Bonchev–Trinajstić information content (AvgIpc) is 2.75. The number of anilines is 1. The van der Waals surface area contributed by atoms with Gasteiger partial charge in [0.25, 0.3) is 5.91 Å². The third kappa shape index (κ3) is 6.59. The highest BCUT2D eigenvalue weighted by atomic mass is 127. The monoisotopic (exact) mass is 552 g/mol. The lowest BCUT2D eigenvalue weighted by Gasteiger charge is -2.14. The van der Waals surface area contributed by atoms with Crippen molar-refractivity contribution in [3.63, 3.8) is 0 Å². The van der Waals surface area contributed by atoms with Gasteiger partial charge in [-0.25, -0.2) is 0 Å². The first kappa shape index (κ1) is 24.3. The third-order valence-corrected chi connectivity index (χ3v) is 5.67. The number of ether oxygens (including phenoxy) is 2. The molecule has 0 aliphatic heterocycles. The average molecular weight is 552 g/mol. The second-order valence-electron chi connectivity index (χ2n) is 7.81. The molecule has 0 saturated carbocycles. The Bertz CT molecular complexity index is 1240. The zero-order valence-corrected chi connectivity index (χ0v) is 21.2. The fraction of sp³-hybridized carbons (Fsp3) is 0.185. The Morgan fingerprint density at radius 3 is 2.42 bits per heavy atom. The van der Waals surface area contributed by atoms with Crippen LogP contribution in [0, 0.1) is 35.7 Å².